The van der Waals surface area contributed by atoms with Crippen molar-refractivity contribution in [1.82, 2.24) is 0 Å². The van der Waals surface area contributed by atoms with Crippen molar-refractivity contribution >= 4 is 11.9 Å². The number of carbonyl (C=O) groups is 2. The molecule has 1 N–H and O–H groups in total. The normalized spacial score (nSPS) is 12.3. The van der Waals surface area contributed by atoms with E-state index in [4.69, 9.17) is 24.1 Å². The second kappa shape index (κ2) is 6.72. The molecule has 7 nitrogen and oxygen atoms in total. The molecule has 1 heterocycles. The van der Waals surface area contributed by atoms with E-state index in [1.807, 2.05) is 6.07 Å². The number of carboxylic acid groups (broad SMARTS) is 1. The molecule has 0 saturated heterocycles. The summed E-state index contributed by atoms with van der Waals surface area (Å²) in [6.45, 7) is -0.316. The van der Waals surface area contributed by atoms with Gasteiger partial charge < -0.3 is 24.1 Å². The summed E-state index contributed by atoms with van der Waals surface area (Å²) in [5.74, 6) is -0.477. The van der Waals surface area contributed by atoms with Crippen LogP contribution in [0.15, 0.2) is 30.3 Å². The van der Waals surface area contributed by atoms with Crippen LogP contribution < -0.4 is 14.2 Å². The summed E-state index contributed by atoms with van der Waals surface area (Å²) in [4.78, 5) is 22.5. The third-order valence-electron chi connectivity index (χ3n) is 3.83. The van der Waals surface area contributed by atoms with Crippen molar-refractivity contribution in [3.8, 4) is 28.4 Å². The van der Waals surface area contributed by atoms with Crippen molar-refractivity contribution in [2.75, 3.05) is 20.8 Å². The van der Waals surface area contributed by atoms with Crippen molar-refractivity contribution in [3.63, 3.8) is 0 Å². The summed E-state index contributed by atoms with van der Waals surface area (Å²) >= 11 is 0. The number of cyclic esters (lactones) is 1. The minimum Gasteiger partial charge on any atom is -0.493 e. The Morgan fingerprint density at radius 3 is 2.56 bits per heavy atom. The van der Waals surface area contributed by atoms with Gasteiger partial charge in [-0.05, 0) is 29.8 Å². The third-order valence-corrected chi connectivity index (χ3v) is 3.83. The summed E-state index contributed by atoms with van der Waals surface area (Å²) in [6, 6.07) is 8.70. The van der Waals surface area contributed by atoms with E-state index in [2.05, 4.69) is 0 Å². The molecule has 2 aromatic carbocycles. The van der Waals surface area contributed by atoms with E-state index < -0.39 is 12.6 Å². The van der Waals surface area contributed by atoms with Gasteiger partial charge in [-0.2, -0.15) is 0 Å². The highest BCUT2D eigenvalue weighted by Gasteiger charge is 2.23. The van der Waals surface area contributed by atoms with Gasteiger partial charge in [-0.3, -0.25) is 0 Å². The lowest BCUT2D eigenvalue weighted by Gasteiger charge is -2.17. The average molecular weight is 344 g/mol. The van der Waals surface area contributed by atoms with Crippen LogP contribution in [0.2, 0.25) is 0 Å². The van der Waals surface area contributed by atoms with E-state index in [0.717, 1.165) is 11.1 Å². The monoisotopic (exact) mass is 344 g/mol. The van der Waals surface area contributed by atoms with Crippen molar-refractivity contribution in [2.45, 2.75) is 6.61 Å². The van der Waals surface area contributed by atoms with Crippen LogP contribution in [-0.2, 0) is 16.1 Å². The van der Waals surface area contributed by atoms with Crippen LogP contribution in [0, 0.1) is 0 Å². The lowest BCUT2D eigenvalue weighted by atomic mass is 9.99. The van der Waals surface area contributed by atoms with Crippen molar-refractivity contribution in [1.29, 1.82) is 0 Å². The molecular weight excluding hydrogens is 328 g/mol. The van der Waals surface area contributed by atoms with Crippen LogP contribution in [0.25, 0.3) is 11.1 Å². The van der Waals surface area contributed by atoms with Crippen molar-refractivity contribution < 1.29 is 33.6 Å². The van der Waals surface area contributed by atoms with E-state index >= 15 is 0 Å². The van der Waals surface area contributed by atoms with Gasteiger partial charge in [0.25, 0.3) is 0 Å². The Hall–Kier alpha value is -3.22. The smallest absolute Gasteiger partial charge is 0.341 e. The molecule has 130 valence electrons. The summed E-state index contributed by atoms with van der Waals surface area (Å²) < 4.78 is 21.1. The number of esters is 1. The van der Waals surface area contributed by atoms with E-state index in [1.165, 1.54) is 14.2 Å². The highest BCUT2D eigenvalue weighted by molar-refractivity contribution is 5.94. The molecule has 0 radical (unpaired) electrons. The number of carboxylic acids is 1. The highest BCUT2D eigenvalue weighted by Crippen LogP contribution is 2.45. The molecule has 0 unspecified atom stereocenters. The second-order valence-corrected chi connectivity index (χ2v) is 5.31. The summed E-state index contributed by atoms with van der Waals surface area (Å²) in [5, 5.41) is 8.93. The van der Waals surface area contributed by atoms with Gasteiger partial charge in [-0.1, -0.05) is 6.07 Å². The maximum atomic E-state index is 11.6. The summed E-state index contributed by atoms with van der Waals surface area (Å²) in [6.07, 6.45) is 0. The van der Waals surface area contributed by atoms with Gasteiger partial charge in [0, 0.05) is 11.1 Å². The molecule has 0 spiro atoms. The van der Waals surface area contributed by atoms with E-state index in [1.54, 1.807) is 24.3 Å². The molecule has 0 amide bonds. The number of fused-ring (bicyclic) bond motifs is 1. The van der Waals surface area contributed by atoms with Crippen LogP contribution in [0.1, 0.15) is 15.9 Å². The van der Waals surface area contributed by atoms with Crippen LogP contribution in [0.5, 0.6) is 17.2 Å². The summed E-state index contributed by atoms with van der Waals surface area (Å²) in [5.41, 5.74) is 2.66. The Labute approximate surface area is 143 Å². The predicted molar refractivity (Wildman–Crippen MR) is 87.2 cm³/mol. The Morgan fingerprint density at radius 1 is 1.12 bits per heavy atom. The number of carbonyl (C=O) groups excluding carboxylic acids is 1. The highest BCUT2D eigenvalue weighted by atomic mass is 16.5. The van der Waals surface area contributed by atoms with Crippen LogP contribution in [0.3, 0.4) is 0 Å². The zero-order valence-corrected chi connectivity index (χ0v) is 13.7. The molecule has 25 heavy (non-hydrogen) atoms. The topological polar surface area (TPSA) is 91.3 Å². The van der Waals surface area contributed by atoms with E-state index in [-0.39, 0.29) is 18.3 Å². The second-order valence-electron chi connectivity index (χ2n) is 5.31. The number of methoxy groups -OCH3 is 2. The third kappa shape index (κ3) is 3.08. The van der Waals surface area contributed by atoms with Gasteiger partial charge >= 0.3 is 11.9 Å². The Bertz CT molecular complexity index is 842. The first-order valence-electron chi connectivity index (χ1n) is 7.45. The average Bonchev–Trinajstić information content (AvgIpc) is 2.99. The van der Waals surface area contributed by atoms with Crippen molar-refractivity contribution in [2.24, 2.45) is 0 Å². The maximum Gasteiger partial charge on any atom is 0.341 e. The van der Waals surface area contributed by atoms with Gasteiger partial charge in [0.05, 0.1) is 19.8 Å². The van der Waals surface area contributed by atoms with Crippen LogP contribution in [-0.4, -0.2) is 37.9 Å². The zero-order valence-electron chi connectivity index (χ0n) is 13.7. The molecule has 1 aliphatic rings. The molecular formula is C18H16O7. The molecule has 2 aromatic rings. The molecule has 0 saturated carbocycles. The maximum absolute atomic E-state index is 11.6. The molecule has 0 aliphatic carbocycles. The van der Waals surface area contributed by atoms with Gasteiger partial charge in [0.2, 0.25) is 5.75 Å². The minimum absolute atomic E-state index is 0.209. The number of hydrogen-bond donors (Lipinski definition) is 1. The van der Waals surface area contributed by atoms with Gasteiger partial charge in [-0.25, -0.2) is 9.59 Å². The largest absolute Gasteiger partial charge is 0.493 e. The first kappa shape index (κ1) is 16.6. The number of rotatable bonds is 6. The molecule has 1 aliphatic heterocycles. The Kier molecular flexibility index (Phi) is 4.47. The predicted octanol–water partition coefficient (Wildman–Crippen LogP) is 2.50. The number of aliphatic carboxylic acids is 1. The fourth-order valence-corrected chi connectivity index (χ4v) is 2.70. The first-order valence-corrected chi connectivity index (χ1v) is 7.45. The molecule has 0 bridgehead atoms. The van der Waals surface area contributed by atoms with Crippen molar-refractivity contribution in [3.05, 3.63) is 41.5 Å². The zero-order chi connectivity index (χ0) is 18.0. The van der Waals surface area contributed by atoms with Gasteiger partial charge in [0.15, 0.2) is 18.1 Å². The van der Waals surface area contributed by atoms with Gasteiger partial charge in [0.1, 0.15) is 6.61 Å². The number of ether oxygens (including phenoxy) is 4. The fourth-order valence-electron chi connectivity index (χ4n) is 2.70. The fraction of sp³-hybridized carbons (Fsp3) is 0.222. The number of benzene rings is 2. The molecule has 3 rings (SSSR count). The Morgan fingerprint density at radius 2 is 1.88 bits per heavy atom. The van der Waals surface area contributed by atoms with E-state index in [9.17, 15) is 9.59 Å². The van der Waals surface area contributed by atoms with Gasteiger partial charge in [-0.15, -0.1) is 0 Å². The molecule has 0 fully saturated rings. The molecule has 0 aromatic heterocycles. The summed E-state index contributed by atoms with van der Waals surface area (Å²) in [7, 11) is 2.93. The first-order chi connectivity index (χ1) is 12.0. The standard InChI is InChI=1S/C18H16O7/c1-22-14-6-5-12(16(17(14)23-2)24-9-15(19)20)10-3-4-13-11(7-10)8-25-18(13)21/h3-7H,8-9H2,1-2H3,(H,19,20). The Balaban J connectivity index is 2.11. The quantitative estimate of drug-likeness (QED) is 0.805. The van der Waals surface area contributed by atoms with E-state index in [0.29, 0.717) is 22.6 Å². The lowest BCUT2D eigenvalue weighted by molar-refractivity contribution is -0.139. The molecule has 0 atom stereocenters. The minimum atomic E-state index is -1.11. The van der Waals surface area contributed by atoms with Crippen LogP contribution in [0.4, 0.5) is 0 Å². The van der Waals surface area contributed by atoms with Crippen LogP contribution >= 0.6 is 0 Å². The number of hydrogen-bond acceptors (Lipinski definition) is 6. The SMILES string of the molecule is COc1ccc(-c2ccc3c(c2)COC3=O)c(OCC(=O)O)c1OC. The lowest BCUT2D eigenvalue weighted by Crippen LogP contribution is -2.11. The molecule has 7 heteroatoms.